The normalized spacial score (nSPS) is 11.1. The minimum atomic E-state index is -0.666. The molecule has 0 atom stereocenters. The number of halogens is 4. The molecule has 11 heteroatoms. The second-order valence-electron chi connectivity index (χ2n) is 8.64. The van der Waals surface area contributed by atoms with E-state index in [0.29, 0.717) is 26.9 Å². The molecule has 0 spiro atoms. The van der Waals surface area contributed by atoms with Crippen LogP contribution in [0.4, 0.5) is 0 Å². The van der Waals surface area contributed by atoms with Crippen molar-refractivity contribution in [2.45, 2.75) is 0 Å². The third-order valence-corrected chi connectivity index (χ3v) is 7.85. The SMILES string of the molecule is COc1cc(C=NNC(=O)c2[nH]c3c(I)cccc3c2-c2ccccc2Cl)ccc1OC(=O)c1ccc(Cl)cc1Cl. The molecule has 41 heavy (non-hydrogen) atoms. The summed E-state index contributed by atoms with van der Waals surface area (Å²) in [7, 11) is 1.44. The van der Waals surface area contributed by atoms with E-state index in [9.17, 15) is 9.59 Å². The van der Waals surface area contributed by atoms with E-state index in [1.807, 2.05) is 36.4 Å². The third-order valence-electron chi connectivity index (χ3n) is 6.07. The predicted molar refractivity (Wildman–Crippen MR) is 171 cm³/mol. The molecule has 1 heterocycles. The van der Waals surface area contributed by atoms with Gasteiger partial charge >= 0.3 is 5.97 Å². The Morgan fingerprint density at radius 2 is 1.73 bits per heavy atom. The summed E-state index contributed by atoms with van der Waals surface area (Å²) in [6, 6.07) is 22.5. The quantitative estimate of drug-likeness (QED) is 0.0582. The molecular formula is C30H19Cl3IN3O4. The highest BCUT2D eigenvalue weighted by Gasteiger charge is 2.22. The Morgan fingerprint density at radius 3 is 2.49 bits per heavy atom. The van der Waals surface area contributed by atoms with Crippen molar-refractivity contribution in [3.63, 3.8) is 0 Å². The first kappa shape index (κ1) is 28.9. The van der Waals surface area contributed by atoms with Crippen molar-refractivity contribution < 1.29 is 19.1 Å². The lowest BCUT2D eigenvalue weighted by Crippen LogP contribution is -2.19. The van der Waals surface area contributed by atoms with Gasteiger partial charge in [0.05, 0.1) is 29.4 Å². The van der Waals surface area contributed by atoms with Crippen molar-refractivity contribution in [2.24, 2.45) is 5.10 Å². The number of aromatic amines is 1. The predicted octanol–water partition coefficient (Wildman–Crippen LogP) is 8.39. The van der Waals surface area contributed by atoms with Crippen molar-refractivity contribution in [3.8, 4) is 22.6 Å². The van der Waals surface area contributed by atoms with E-state index in [-0.39, 0.29) is 22.1 Å². The van der Waals surface area contributed by atoms with Gasteiger partial charge in [0.15, 0.2) is 11.5 Å². The number of nitrogens with zero attached hydrogens (tertiary/aromatic N) is 1. The van der Waals surface area contributed by atoms with Crippen molar-refractivity contribution in [2.75, 3.05) is 7.11 Å². The lowest BCUT2D eigenvalue weighted by Gasteiger charge is -2.10. The molecule has 4 aromatic carbocycles. The molecule has 1 aromatic heterocycles. The van der Waals surface area contributed by atoms with Crippen LogP contribution in [0, 0.1) is 3.57 Å². The molecule has 0 radical (unpaired) electrons. The van der Waals surface area contributed by atoms with E-state index in [4.69, 9.17) is 44.3 Å². The minimum absolute atomic E-state index is 0.161. The number of amides is 1. The van der Waals surface area contributed by atoms with Crippen LogP contribution >= 0.6 is 57.4 Å². The Balaban J connectivity index is 1.37. The first-order valence-electron chi connectivity index (χ1n) is 12.0. The van der Waals surface area contributed by atoms with Crippen LogP contribution < -0.4 is 14.9 Å². The van der Waals surface area contributed by atoms with Gasteiger partial charge < -0.3 is 14.5 Å². The number of rotatable bonds is 7. The van der Waals surface area contributed by atoms with Gasteiger partial charge in [-0.2, -0.15) is 5.10 Å². The first-order valence-corrected chi connectivity index (χ1v) is 14.2. The van der Waals surface area contributed by atoms with Crippen LogP contribution in [0.15, 0.2) is 84.0 Å². The van der Waals surface area contributed by atoms with Gasteiger partial charge in [0.1, 0.15) is 5.69 Å². The summed E-state index contributed by atoms with van der Waals surface area (Å²) in [5, 5.41) is 6.09. The van der Waals surface area contributed by atoms with E-state index in [0.717, 1.165) is 20.0 Å². The van der Waals surface area contributed by atoms with E-state index < -0.39 is 11.9 Å². The summed E-state index contributed by atoms with van der Waals surface area (Å²) in [4.78, 5) is 29.2. The van der Waals surface area contributed by atoms with Crippen molar-refractivity contribution in [1.82, 2.24) is 10.4 Å². The fourth-order valence-electron chi connectivity index (χ4n) is 4.18. The number of H-pyrrole nitrogens is 1. The molecule has 5 aromatic rings. The van der Waals surface area contributed by atoms with Gasteiger partial charge in [-0.25, -0.2) is 10.2 Å². The number of hydrogen-bond acceptors (Lipinski definition) is 5. The highest BCUT2D eigenvalue weighted by Crippen LogP contribution is 2.38. The summed E-state index contributed by atoms with van der Waals surface area (Å²) in [6.07, 6.45) is 1.45. The van der Waals surface area contributed by atoms with Gasteiger partial charge in [-0.1, -0.05) is 65.1 Å². The van der Waals surface area contributed by atoms with Gasteiger partial charge in [0.2, 0.25) is 0 Å². The summed E-state index contributed by atoms with van der Waals surface area (Å²) in [5.41, 5.74) is 5.89. The zero-order valence-electron chi connectivity index (χ0n) is 21.2. The molecular weight excluding hydrogens is 700 g/mol. The second-order valence-corrected chi connectivity index (χ2v) is 11.1. The number of esters is 1. The molecule has 0 saturated carbocycles. The lowest BCUT2D eigenvalue weighted by atomic mass is 10.0. The Bertz CT molecular complexity index is 1840. The number of hydrazone groups is 1. The van der Waals surface area contributed by atoms with E-state index in [2.05, 4.69) is 38.1 Å². The summed E-state index contributed by atoms with van der Waals surface area (Å²) >= 11 is 20.8. The zero-order valence-corrected chi connectivity index (χ0v) is 25.6. The van der Waals surface area contributed by atoms with Gasteiger partial charge in [-0.05, 0) is 76.7 Å². The van der Waals surface area contributed by atoms with E-state index in [1.165, 1.54) is 25.5 Å². The number of nitrogens with one attached hydrogen (secondary N) is 2. The van der Waals surface area contributed by atoms with Crippen LogP contribution in [0.2, 0.25) is 15.1 Å². The number of hydrogen-bond donors (Lipinski definition) is 2. The van der Waals surface area contributed by atoms with Crippen LogP contribution in [-0.2, 0) is 0 Å². The van der Waals surface area contributed by atoms with Crippen LogP contribution in [0.3, 0.4) is 0 Å². The molecule has 7 nitrogen and oxygen atoms in total. The maximum Gasteiger partial charge on any atom is 0.345 e. The molecule has 0 aliphatic carbocycles. The summed E-state index contributed by atoms with van der Waals surface area (Å²) in [5.74, 6) is -0.645. The fraction of sp³-hybridized carbons (Fsp3) is 0.0333. The first-order chi connectivity index (χ1) is 19.8. The van der Waals surface area contributed by atoms with Crippen molar-refractivity contribution in [1.29, 1.82) is 0 Å². The second kappa shape index (κ2) is 12.5. The average molecular weight is 719 g/mol. The molecule has 0 unspecified atom stereocenters. The van der Waals surface area contributed by atoms with Crippen molar-refractivity contribution in [3.05, 3.63) is 114 Å². The summed E-state index contributed by atoms with van der Waals surface area (Å²) < 4.78 is 11.8. The van der Waals surface area contributed by atoms with E-state index in [1.54, 1.807) is 30.3 Å². The average Bonchev–Trinajstić information content (AvgIpc) is 3.34. The topological polar surface area (TPSA) is 92.8 Å². The number of benzene rings is 4. The Hall–Kier alpha value is -3.57. The van der Waals surface area contributed by atoms with Gasteiger partial charge in [0.25, 0.3) is 5.91 Å². The number of carbonyl (C=O) groups is 2. The number of carbonyl (C=O) groups excluding carboxylic acids is 2. The van der Waals surface area contributed by atoms with Crippen LogP contribution in [-0.4, -0.2) is 30.2 Å². The number of para-hydroxylation sites is 1. The molecule has 206 valence electrons. The molecule has 2 N–H and O–H groups in total. The molecule has 0 fully saturated rings. The smallest absolute Gasteiger partial charge is 0.345 e. The van der Waals surface area contributed by atoms with Gasteiger partial charge in [-0.15, -0.1) is 0 Å². The molecule has 0 aliphatic rings. The Kier molecular flexibility index (Phi) is 8.84. The highest BCUT2D eigenvalue weighted by molar-refractivity contribution is 14.1. The van der Waals surface area contributed by atoms with E-state index >= 15 is 0 Å². The van der Waals surface area contributed by atoms with Crippen LogP contribution in [0.5, 0.6) is 11.5 Å². The number of aromatic nitrogens is 1. The lowest BCUT2D eigenvalue weighted by molar-refractivity contribution is 0.0729. The standard InChI is InChI=1S/C30H19Cl3IN3O4/c1-40-25-13-16(9-12-24(25)41-30(39)19-11-10-17(31)14-22(19)33)15-35-37-29(38)28-26(18-5-2-3-7-21(18)32)20-6-4-8-23(34)27(20)36-28/h2-15,36H,1H3,(H,37,38). The maximum absolute atomic E-state index is 13.3. The summed E-state index contributed by atoms with van der Waals surface area (Å²) in [6.45, 7) is 0. The number of methoxy groups -OCH3 is 1. The minimum Gasteiger partial charge on any atom is -0.493 e. The molecule has 5 rings (SSSR count). The fourth-order valence-corrected chi connectivity index (χ4v) is 5.52. The Labute approximate surface area is 263 Å². The van der Waals surface area contributed by atoms with Gasteiger partial charge in [-0.3, -0.25) is 4.79 Å². The monoisotopic (exact) mass is 717 g/mol. The number of ether oxygens (including phenoxy) is 2. The van der Waals surface area contributed by atoms with Crippen LogP contribution in [0.1, 0.15) is 26.4 Å². The molecule has 0 saturated heterocycles. The van der Waals surface area contributed by atoms with Gasteiger partial charge in [0, 0.05) is 30.1 Å². The Morgan fingerprint density at radius 1 is 0.927 bits per heavy atom. The molecule has 1 amide bonds. The maximum atomic E-state index is 13.3. The molecule has 0 aliphatic heterocycles. The number of fused-ring (bicyclic) bond motifs is 1. The highest BCUT2D eigenvalue weighted by atomic mass is 127. The van der Waals surface area contributed by atoms with Crippen LogP contribution in [0.25, 0.3) is 22.0 Å². The largest absolute Gasteiger partial charge is 0.493 e. The zero-order chi connectivity index (χ0) is 29.1. The van der Waals surface area contributed by atoms with Crippen molar-refractivity contribution >= 4 is 86.4 Å². The third kappa shape index (κ3) is 6.20. The molecule has 0 bridgehead atoms.